The summed E-state index contributed by atoms with van der Waals surface area (Å²) in [6.45, 7) is 2.38. The SMILES string of the molecule is CCOc1ccccc1[C@@H]1CC(c2ccc(OC)cc2OC)=NN1S(C)(=O)=O. The normalized spacial score (nSPS) is 16.6. The summed E-state index contributed by atoms with van der Waals surface area (Å²) < 4.78 is 42.5. The molecule has 0 saturated carbocycles. The number of hydrogen-bond acceptors (Lipinski definition) is 6. The lowest BCUT2D eigenvalue weighted by Crippen LogP contribution is -2.26. The summed E-state index contributed by atoms with van der Waals surface area (Å²) in [7, 11) is -0.444. The lowest BCUT2D eigenvalue weighted by Gasteiger charge is -2.23. The van der Waals surface area contributed by atoms with E-state index in [0.717, 1.165) is 21.8 Å². The van der Waals surface area contributed by atoms with Gasteiger partial charge in [-0.15, -0.1) is 0 Å². The molecule has 0 saturated heterocycles. The Labute approximate surface area is 165 Å². The molecule has 2 aromatic carbocycles. The summed E-state index contributed by atoms with van der Waals surface area (Å²) in [5.41, 5.74) is 2.13. The molecule has 3 rings (SSSR count). The molecule has 0 radical (unpaired) electrons. The summed E-state index contributed by atoms with van der Waals surface area (Å²) >= 11 is 0. The zero-order chi connectivity index (χ0) is 20.3. The van der Waals surface area contributed by atoms with Crippen LogP contribution in [-0.4, -0.2) is 45.6 Å². The summed E-state index contributed by atoms with van der Waals surface area (Å²) in [6.07, 6.45) is 1.56. The van der Waals surface area contributed by atoms with E-state index in [1.807, 2.05) is 37.3 Å². The smallest absolute Gasteiger partial charge is 0.247 e. The van der Waals surface area contributed by atoms with Gasteiger partial charge in [-0.3, -0.25) is 0 Å². The lowest BCUT2D eigenvalue weighted by atomic mass is 9.98. The summed E-state index contributed by atoms with van der Waals surface area (Å²) in [5, 5.41) is 4.44. The highest BCUT2D eigenvalue weighted by Crippen LogP contribution is 2.40. The maximum absolute atomic E-state index is 12.4. The topological polar surface area (TPSA) is 77.4 Å². The Balaban J connectivity index is 2.06. The van der Waals surface area contributed by atoms with Gasteiger partial charge in [-0.1, -0.05) is 18.2 Å². The van der Waals surface area contributed by atoms with Crippen molar-refractivity contribution >= 4 is 15.7 Å². The standard InChI is InChI=1S/C20H24N2O5S/c1-5-27-19-9-7-6-8-16(19)18-13-17(21-22(18)28(4,23)24)15-11-10-14(25-2)12-20(15)26-3/h6-12,18H,5,13H2,1-4H3/t18-/m0/s1. The first-order chi connectivity index (χ1) is 13.4. The highest BCUT2D eigenvalue weighted by Gasteiger charge is 2.36. The van der Waals surface area contributed by atoms with Gasteiger partial charge in [0.15, 0.2) is 0 Å². The first-order valence-corrected chi connectivity index (χ1v) is 10.7. The van der Waals surface area contributed by atoms with Crippen LogP contribution in [0.3, 0.4) is 0 Å². The number of ether oxygens (including phenoxy) is 3. The number of hydrazone groups is 1. The highest BCUT2D eigenvalue weighted by atomic mass is 32.2. The minimum absolute atomic E-state index is 0.403. The van der Waals surface area contributed by atoms with E-state index in [-0.39, 0.29) is 0 Å². The van der Waals surface area contributed by atoms with Crippen LogP contribution in [0.4, 0.5) is 0 Å². The van der Waals surface area contributed by atoms with Gasteiger partial charge in [-0.05, 0) is 25.1 Å². The fourth-order valence-corrected chi connectivity index (χ4v) is 4.17. The molecular weight excluding hydrogens is 380 g/mol. The van der Waals surface area contributed by atoms with Gasteiger partial charge in [0.05, 0.1) is 38.8 Å². The van der Waals surface area contributed by atoms with Crippen LogP contribution in [0.25, 0.3) is 0 Å². The Morgan fingerprint density at radius 3 is 2.50 bits per heavy atom. The second-order valence-corrected chi connectivity index (χ2v) is 8.18. The molecule has 2 aromatic rings. The van der Waals surface area contributed by atoms with E-state index in [0.29, 0.717) is 36.0 Å². The lowest BCUT2D eigenvalue weighted by molar-refractivity contribution is 0.317. The molecule has 7 nitrogen and oxygen atoms in total. The minimum atomic E-state index is -3.58. The number of benzene rings is 2. The predicted molar refractivity (Wildman–Crippen MR) is 108 cm³/mol. The molecule has 150 valence electrons. The van der Waals surface area contributed by atoms with E-state index in [1.165, 1.54) is 0 Å². The van der Waals surface area contributed by atoms with Crippen LogP contribution in [0.2, 0.25) is 0 Å². The van der Waals surface area contributed by atoms with E-state index < -0.39 is 16.1 Å². The Morgan fingerprint density at radius 1 is 1.11 bits per heavy atom. The molecule has 8 heteroatoms. The molecule has 0 spiro atoms. The summed E-state index contributed by atoms with van der Waals surface area (Å²) in [4.78, 5) is 0. The van der Waals surface area contributed by atoms with Crippen LogP contribution in [0, 0.1) is 0 Å². The average Bonchev–Trinajstić information content (AvgIpc) is 3.13. The van der Waals surface area contributed by atoms with Crippen molar-refractivity contribution in [2.45, 2.75) is 19.4 Å². The van der Waals surface area contributed by atoms with E-state index in [1.54, 1.807) is 26.4 Å². The number of hydrogen-bond donors (Lipinski definition) is 0. The van der Waals surface area contributed by atoms with Crippen molar-refractivity contribution in [2.24, 2.45) is 5.10 Å². The van der Waals surface area contributed by atoms with E-state index in [9.17, 15) is 8.42 Å². The van der Waals surface area contributed by atoms with Crippen LogP contribution in [0.15, 0.2) is 47.6 Å². The summed E-state index contributed by atoms with van der Waals surface area (Å²) in [5.74, 6) is 1.88. The van der Waals surface area contributed by atoms with Crippen molar-refractivity contribution in [3.63, 3.8) is 0 Å². The second kappa shape index (κ2) is 8.10. The molecule has 1 aliphatic heterocycles. The van der Waals surface area contributed by atoms with Gasteiger partial charge in [0.2, 0.25) is 10.0 Å². The number of sulfonamides is 1. The average molecular weight is 404 g/mol. The van der Waals surface area contributed by atoms with Gasteiger partial charge in [-0.25, -0.2) is 8.42 Å². The fourth-order valence-electron chi connectivity index (χ4n) is 3.27. The van der Waals surface area contributed by atoms with Crippen molar-refractivity contribution in [2.75, 3.05) is 27.1 Å². The first kappa shape index (κ1) is 20.0. The molecule has 1 heterocycles. The fraction of sp³-hybridized carbons (Fsp3) is 0.350. The van der Waals surface area contributed by atoms with Crippen molar-refractivity contribution in [3.05, 3.63) is 53.6 Å². The molecule has 0 N–H and O–H groups in total. The van der Waals surface area contributed by atoms with Gasteiger partial charge in [0.1, 0.15) is 17.2 Å². The van der Waals surface area contributed by atoms with Gasteiger partial charge in [0.25, 0.3) is 0 Å². The van der Waals surface area contributed by atoms with Crippen LogP contribution in [0.1, 0.15) is 30.5 Å². The molecule has 0 aliphatic carbocycles. The molecule has 28 heavy (non-hydrogen) atoms. The summed E-state index contributed by atoms with van der Waals surface area (Å²) in [6, 6.07) is 12.3. The Kier molecular flexibility index (Phi) is 5.79. The third-order valence-electron chi connectivity index (χ3n) is 4.51. The van der Waals surface area contributed by atoms with Crippen molar-refractivity contribution < 1.29 is 22.6 Å². The van der Waals surface area contributed by atoms with Gasteiger partial charge in [-0.2, -0.15) is 9.52 Å². The van der Waals surface area contributed by atoms with Gasteiger partial charge in [0, 0.05) is 23.6 Å². The number of rotatable bonds is 7. The molecule has 0 fully saturated rings. The van der Waals surface area contributed by atoms with Crippen molar-refractivity contribution in [1.29, 1.82) is 0 Å². The Morgan fingerprint density at radius 2 is 1.86 bits per heavy atom. The molecule has 1 atom stereocenters. The van der Waals surface area contributed by atoms with E-state index in [4.69, 9.17) is 14.2 Å². The monoisotopic (exact) mass is 404 g/mol. The maximum Gasteiger partial charge on any atom is 0.247 e. The van der Waals surface area contributed by atoms with Gasteiger partial charge >= 0.3 is 0 Å². The molecule has 0 bridgehead atoms. The van der Waals surface area contributed by atoms with Crippen molar-refractivity contribution in [1.82, 2.24) is 4.41 Å². The highest BCUT2D eigenvalue weighted by molar-refractivity contribution is 7.88. The Hall–Kier alpha value is -2.74. The maximum atomic E-state index is 12.4. The first-order valence-electron chi connectivity index (χ1n) is 8.90. The van der Waals surface area contributed by atoms with E-state index >= 15 is 0 Å². The molecule has 0 unspecified atom stereocenters. The quantitative estimate of drug-likeness (QED) is 0.708. The molecular formula is C20H24N2O5S. The van der Waals surface area contributed by atoms with Crippen LogP contribution in [0.5, 0.6) is 17.2 Å². The van der Waals surface area contributed by atoms with Gasteiger partial charge < -0.3 is 14.2 Å². The second-order valence-electron chi connectivity index (χ2n) is 6.34. The Bertz CT molecular complexity index is 988. The zero-order valence-corrected chi connectivity index (χ0v) is 17.2. The predicted octanol–water partition coefficient (Wildman–Crippen LogP) is 3.21. The largest absolute Gasteiger partial charge is 0.497 e. The number of nitrogens with zero attached hydrogens (tertiary/aromatic N) is 2. The van der Waals surface area contributed by atoms with E-state index in [2.05, 4.69) is 5.10 Å². The molecule has 0 aromatic heterocycles. The zero-order valence-electron chi connectivity index (χ0n) is 16.4. The van der Waals surface area contributed by atoms with Crippen molar-refractivity contribution in [3.8, 4) is 17.2 Å². The number of para-hydroxylation sites is 1. The number of methoxy groups -OCH3 is 2. The van der Waals surface area contributed by atoms with Crippen LogP contribution >= 0.6 is 0 Å². The van der Waals surface area contributed by atoms with Crippen LogP contribution < -0.4 is 14.2 Å². The molecule has 1 aliphatic rings. The minimum Gasteiger partial charge on any atom is -0.497 e. The van der Waals surface area contributed by atoms with Crippen LogP contribution in [-0.2, 0) is 10.0 Å². The third-order valence-corrected chi connectivity index (χ3v) is 5.53. The molecule has 0 amide bonds. The third kappa shape index (κ3) is 3.91.